The van der Waals surface area contributed by atoms with Gasteiger partial charge in [-0.15, -0.1) is 0 Å². The zero-order chi connectivity index (χ0) is 39.6. The van der Waals surface area contributed by atoms with E-state index in [9.17, 15) is 0 Å². The van der Waals surface area contributed by atoms with Crippen molar-refractivity contribution >= 4 is 54.4 Å². The number of aromatic nitrogens is 5. The van der Waals surface area contributed by atoms with Gasteiger partial charge in [-0.05, 0) is 76.2 Å². The van der Waals surface area contributed by atoms with E-state index in [1.54, 1.807) is 0 Å². The predicted molar refractivity (Wildman–Crippen MR) is 248 cm³/mol. The number of pyridine rings is 1. The Hall–Kier alpha value is -8.15. The summed E-state index contributed by atoms with van der Waals surface area (Å²) in [5, 5.41) is 7.12. The molecular formula is C55H35N5. The van der Waals surface area contributed by atoms with E-state index in [1.807, 2.05) is 30.6 Å². The van der Waals surface area contributed by atoms with Crippen molar-refractivity contribution in [2.24, 2.45) is 0 Å². The summed E-state index contributed by atoms with van der Waals surface area (Å²) < 4.78 is 4.65. The summed E-state index contributed by atoms with van der Waals surface area (Å²) in [7, 11) is 0. The summed E-state index contributed by atoms with van der Waals surface area (Å²) in [5.74, 6) is 1.50. The van der Waals surface area contributed by atoms with Gasteiger partial charge in [-0.2, -0.15) is 0 Å². The van der Waals surface area contributed by atoms with Gasteiger partial charge in [0.25, 0.3) is 0 Å². The monoisotopic (exact) mass is 765 g/mol. The van der Waals surface area contributed by atoms with Gasteiger partial charge in [0, 0.05) is 50.3 Å². The summed E-state index contributed by atoms with van der Waals surface area (Å²) in [5.41, 5.74) is 13.1. The lowest BCUT2D eigenvalue weighted by molar-refractivity contribution is 1.05. The normalized spacial score (nSPS) is 11.7. The van der Waals surface area contributed by atoms with Crippen LogP contribution in [0.3, 0.4) is 0 Å². The van der Waals surface area contributed by atoms with Crippen molar-refractivity contribution < 1.29 is 0 Å². The van der Waals surface area contributed by atoms with Crippen molar-refractivity contribution in [3.8, 4) is 56.4 Å². The molecule has 4 heterocycles. The molecule has 0 bridgehead atoms. The minimum absolute atomic E-state index is 0.682. The van der Waals surface area contributed by atoms with E-state index >= 15 is 0 Å². The lowest BCUT2D eigenvalue weighted by Crippen LogP contribution is -2.02. The fourth-order valence-corrected chi connectivity index (χ4v) is 9.01. The molecule has 0 N–H and O–H groups in total. The van der Waals surface area contributed by atoms with E-state index < -0.39 is 0 Å². The third-order valence-electron chi connectivity index (χ3n) is 11.8. The lowest BCUT2D eigenvalue weighted by Gasteiger charge is -2.13. The molecule has 0 radical (unpaired) electrons. The first-order valence-corrected chi connectivity index (χ1v) is 20.3. The SMILES string of the molecule is c1ccc(-c2cccc(-c3cc(-n4c5ccccc5c5cc(-c6ccc7c(c6)c6ccncc6n7-c6cccc7ccccc67)ccc54)nc(-c4ccccc4)n3)c2)cc1. The van der Waals surface area contributed by atoms with Crippen molar-refractivity contribution in [1.82, 2.24) is 24.1 Å². The lowest BCUT2D eigenvalue weighted by atomic mass is 10.0. The van der Waals surface area contributed by atoms with Crippen LogP contribution in [-0.4, -0.2) is 24.1 Å². The number of fused-ring (bicyclic) bond motifs is 7. The Kier molecular flexibility index (Phi) is 7.78. The molecule has 0 aliphatic heterocycles. The first kappa shape index (κ1) is 33.9. The van der Waals surface area contributed by atoms with Gasteiger partial charge in [0.2, 0.25) is 0 Å². The van der Waals surface area contributed by atoms with Crippen molar-refractivity contribution in [2.45, 2.75) is 0 Å². The maximum atomic E-state index is 5.29. The van der Waals surface area contributed by atoms with Gasteiger partial charge in [-0.1, -0.05) is 146 Å². The summed E-state index contributed by atoms with van der Waals surface area (Å²) in [4.78, 5) is 15.0. The zero-order valence-electron chi connectivity index (χ0n) is 32.4. The van der Waals surface area contributed by atoms with Gasteiger partial charge in [-0.3, -0.25) is 9.55 Å². The Morgan fingerprint density at radius 2 is 0.917 bits per heavy atom. The number of hydrogen-bond donors (Lipinski definition) is 0. The highest BCUT2D eigenvalue weighted by Gasteiger charge is 2.19. The molecule has 8 aromatic carbocycles. The molecule has 0 amide bonds. The van der Waals surface area contributed by atoms with Crippen LogP contribution in [0.1, 0.15) is 0 Å². The van der Waals surface area contributed by atoms with Gasteiger partial charge >= 0.3 is 0 Å². The molecule has 60 heavy (non-hydrogen) atoms. The van der Waals surface area contributed by atoms with E-state index in [-0.39, 0.29) is 0 Å². The molecule has 280 valence electrons. The van der Waals surface area contributed by atoms with Crippen LogP contribution in [0.2, 0.25) is 0 Å². The van der Waals surface area contributed by atoms with Gasteiger partial charge in [-0.25, -0.2) is 9.97 Å². The third-order valence-corrected chi connectivity index (χ3v) is 11.8. The molecule has 0 unspecified atom stereocenters. The topological polar surface area (TPSA) is 48.5 Å². The summed E-state index contributed by atoms with van der Waals surface area (Å²) >= 11 is 0. The molecule has 12 rings (SSSR count). The van der Waals surface area contributed by atoms with Crippen molar-refractivity contribution in [1.29, 1.82) is 0 Å². The molecule has 0 atom stereocenters. The Morgan fingerprint density at radius 1 is 0.333 bits per heavy atom. The van der Waals surface area contributed by atoms with Crippen LogP contribution in [0, 0.1) is 0 Å². The molecular weight excluding hydrogens is 731 g/mol. The highest BCUT2D eigenvalue weighted by molar-refractivity contribution is 6.13. The van der Waals surface area contributed by atoms with Gasteiger partial charge < -0.3 is 4.57 Å². The fourth-order valence-electron chi connectivity index (χ4n) is 9.01. The fraction of sp³-hybridized carbons (Fsp3) is 0. The van der Waals surface area contributed by atoms with E-state index in [1.165, 1.54) is 32.5 Å². The van der Waals surface area contributed by atoms with E-state index in [2.05, 4.69) is 196 Å². The second kappa shape index (κ2) is 13.8. The minimum Gasteiger partial charge on any atom is -0.307 e. The number of nitrogens with zero attached hydrogens (tertiary/aromatic N) is 5. The molecule has 5 heteroatoms. The average Bonchev–Trinajstić information content (AvgIpc) is 3.84. The van der Waals surface area contributed by atoms with Crippen molar-refractivity contribution in [3.63, 3.8) is 0 Å². The molecule has 5 nitrogen and oxygen atoms in total. The third kappa shape index (κ3) is 5.52. The Morgan fingerprint density at radius 3 is 1.72 bits per heavy atom. The second-order valence-electron chi connectivity index (χ2n) is 15.3. The predicted octanol–water partition coefficient (Wildman–Crippen LogP) is 13.9. The second-order valence-corrected chi connectivity index (χ2v) is 15.3. The van der Waals surface area contributed by atoms with Crippen LogP contribution in [0.4, 0.5) is 0 Å². The Balaban J connectivity index is 1.03. The van der Waals surface area contributed by atoms with Gasteiger partial charge in [0.15, 0.2) is 5.82 Å². The maximum Gasteiger partial charge on any atom is 0.162 e. The first-order chi connectivity index (χ1) is 29.7. The zero-order valence-corrected chi connectivity index (χ0v) is 32.4. The molecule has 0 saturated heterocycles. The summed E-state index contributed by atoms with van der Waals surface area (Å²) in [6.07, 6.45) is 3.88. The van der Waals surface area contributed by atoms with E-state index in [4.69, 9.17) is 9.97 Å². The van der Waals surface area contributed by atoms with Crippen LogP contribution in [0.15, 0.2) is 213 Å². The quantitative estimate of drug-likeness (QED) is 0.169. The van der Waals surface area contributed by atoms with Crippen molar-refractivity contribution in [3.05, 3.63) is 213 Å². The Bertz CT molecular complexity index is 3600. The molecule has 0 spiro atoms. The highest BCUT2D eigenvalue weighted by atomic mass is 15.1. The smallest absolute Gasteiger partial charge is 0.162 e. The minimum atomic E-state index is 0.682. The first-order valence-electron chi connectivity index (χ1n) is 20.3. The number of rotatable bonds is 6. The van der Waals surface area contributed by atoms with Crippen molar-refractivity contribution in [2.75, 3.05) is 0 Å². The number of para-hydroxylation sites is 1. The van der Waals surface area contributed by atoms with Crippen LogP contribution >= 0.6 is 0 Å². The average molecular weight is 766 g/mol. The molecule has 4 aromatic heterocycles. The molecule has 0 aliphatic carbocycles. The maximum absolute atomic E-state index is 5.29. The highest BCUT2D eigenvalue weighted by Crippen LogP contribution is 2.39. The van der Waals surface area contributed by atoms with E-state index in [0.717, 1.165) is 72.5 Å². The van der Waals surface area contributed by atoms with Crippen LogP contribution in [0.25, 0.3) is 111 Å². The van der Waals surface area contributed by atoms with Gasteiger partial charge in [0.1, 0.15) is 5.82 Å². The summed E-state index contributed by atoms with van der Waals surface area (Å²) in [6.45, 7) is 0. The standard InChI is InChI=1S/C55H35N5/c1-3-13-36(14-4-1)39-19-11-20-42(31-39)48-34-54(58-55(57-48)38-16-5-2-6-17-38)60-50-23-10-9-22-44(50)46-32-41(26-28-52(46)60)40-25-27-51-47(33-40)45-29-30-56-35-53(45)59(51)49-24-12-18-37-15-7-8-21-43(37)49/h1-35H. The molecule has 0 saturated carbocycles. The van der Waals surface area contributed by atoms with Crippen LogP contribution < -0.4 is 0 Å². The molecule has 0 aliphatic rings. The van der Waals surface area contributed by atoms with Crippen LogP contribution in [0.5, 0.6) is 0 Å². The van der Waals surface area contributed by atoms with Gasteiger partial charge in [0.05, 0.1) is 39.6 Å². The number of hydrogen-bond acceptors (Lipinski definition) is 3. The van der Waals surface area contributed by atoms with Crippen LogP contribution in [-0.2, 0) is 0 Å². The largest absolute Gasteiger partial charge is 0.307 e. The summed E-state index contributed by atoms with van der Waals surface area (Å²) in [6, 6.07) is 71.1. The number of benzene rings is 8. The molecule has 12 aromatic rings. The molecule has 0 fully saturated rings. The van der Waals surface area contributed by atoms with E-state index in [0.29, 0.717) is 5.82 Å². The Labute approximate surface area is 346 Å².